The highest BCUT2D eigenvalue weighted by Gasteiger charge is 2.18. The summed E-state index contributed by atoms with van der Waals surface area (Å²) in [6, 6.07) is 0.212. The van der Waals surface area contributed by atoms with Gasteiger partial charge in [-0.05, 0) is 12.8 Å². The molecule has 1 unspecified atom stereocenters. The average Bonchev–Trinajstić information content (AvgIpc) is 2.52. The number of carbonyl (C=O) groups excluding carboxylic acids is 1. The number of rotatable bonds is 5. The first-order valence-corrected chi connectivity index (χ1v) is 7.82. The summed E-state index contributed by atoms with van der Waals surface area (Å²) < 4.78 is 5.33. The van der Waals surface area contributed by atoms with E-state index in [2.05, 4.69) is 25.8 Å². The number of amides is 1. The third-order valence-corrected chi connectivity index (χ3v) is 3.89. The van der Waals surface area contributed by atoms with Crippen LogP contribution in [0.1, 0.15) is 19.3 Å². The average molecular weight is 425 g/mol. The number of halogens is 1. The zero-order chi connectivity index (χ0) is 14.9. The molecule has 0 aromatic carbocycles. The van der Waals surface area contributed by atoms with Crippen molar-refractivity contribution in [1.82, 2.24) is 20.9 Å². The monoisotopic (exact) mass is 425 g/mol. The van der Waals surface area contributed by atoms with Crippen LogP contribution in [0.25, 0.3) is 0 Å². The van der Waals surface area contributed by atoms with Crippen LogP contribution in [-0.2, 0) is 9.53 Å². The lowest BCUT2D eigenvalue weighted by molar-refractivity contribution is -0.123. The van der Waals surface area contributed by atoms with Gasteiger partial charge in [0.2, 0.25) is 5.91 Å². The largest absolute Gasteiger partial charge is 0.379 e. The zero-order valence-corrected chi connectivity index (χ0v) is 15.6. The summed E-state index contributed by atoms with van der Waals surface area (Å²) in [6.07, 6.45) is 2.66. The lowest BCUT2D eigenvalue weighted by Gasteiger charge is -2.27. The Labute approximate surface area is 149 Å². The van der Waals surface area contributed by atoms with E-state index in [1.807, 2.05) is 0 Å². The van der Waals surface area contributed by atoms with E-state index in [-0.39, 0.29) is 35.9 Å². The highest BCUT2D eigenvalue weighted by molar-refractivity contribution is 14.0. The van der Waals surface area contributed by atoms with E-state index >= 15 is 0 Å². The fourth-order valence-corrected chi connectivity index (χ4v) is 2.63. The number of ether oxygens (including phenoxy) is 1. The molecule has 0 radical (unpaired) electrons. The zero-order valence-electron chi connectivity index (χ0n) is 13.3. The predicted octanol–water partition coefficient (Wildman–Crippen LogP) is -0.230. The first-order valence-electron chi connectivity index (χ1n) is 7.82. The standard InChI is InChI=1S/C14H27N5O2.HI/c1-15-14(16-5-6-19-7-9-21-10-8-19)17-11-12-3-2-4-13(20)18-12;/h12H,2-11H2,1H3,(H,18,20)(H2,15,16,17);1H. The Balaban J connectivity index is 0.00000242. The minimum absolute atomic E-state index is 0. The van der Waals surface area contributed by atoms with Gasteiger partial charge in [0.1, 0.15) is 0 Å². The predicted molar refractivity (Wildman–Crippen MR) is 97.8 cm³/mol. The molecule has 2 aliphatic heterocycles. The second-order valence-electron chi connectivity index (χ2n) is 5.49. The molecule has 2 saturated heterocycles. The van der Waals surface area contributed by atoms with Crippen LogP contribution < -0.4 is 16.0 Å². The molecule has 8 heteroatoms. The van der Waals surface area contributed by atoms with Crippen LogP contribution in [0.15, 0.2) is 4.99 Å². The molecule has 22 heavy (non-hydrogen) atoms. The normalized spacial score (nSPS) is 23.4. The maximum absolute atomic E-state index is 11.3. The summed E-state index contributed by atoms with van der Waals surface area (Å²) in [5.41, 5.74) is 0. The Morgan fingerprint density at radius 1 is 1.41 bits per heavy atom. The van der Waals surface area contributed by atoms with Gasteiger partial charge < -0.3 is 20.7 Å². The van der Waals surface area contributed by atoms with Gasteiger partial charge in [0.25, 0.3) is 0 Å². The van der Waals surface area contributed by atoms with Crippen LogP contribution in [0.5, 0.6) is 0 Å². The SMILES string of the molecule is CN=C(NCCN1CCOCC1)NCC1CCCC(=O)N1.I. The Kier molecular flexibility index (Phi) is 9.73. The number of guanidine groups is 1. The van der Waals surface area contributed by atoms with Crippen LogP contribution in [-0.4, -0.2) is 75.8 Å². The minimum atomic E-state index is 0. The van der Waals surface area contributed by atoms with Crippen molar-refractivity contribution in [3.8, 4) is 0 Å². The summed E-state index contributed by atoms with van der Waals surface area (Å²) in [4.78, 5) is 17.9. The molecular weight excluding hydrogens is 397 g/mol. The molecule has 0 aliphatic carbocycles. The maximum atomic E-state index is 11.3. The number of piperidine rings is 1. The molecule has 2 heterocycles. The first kappa shape index (κ1) is 19.4. The summed E-state index contributed by atoms with van der Waals surface area (Å²) in [7, 11) is 1.77. The van der Waals surface area contributed by atoms with Crippen molar-refractivity contribution in [1.29, 1.82) is 0 Å². The minimum Gasteiger partial charge on any atom is -0.379 e. The van der Waals surface area contributed by atoms with Gasteiger partial charge in [-0.1, -0.05) is 0 Å². The van der Waals surface area contributed by atoms with Crippen LogP contribution in [0.4, 0.5) is 0 Å². The number of nitrogens with zero attached hydrogens (tertiary/aromatic N) is 2. The van der Waals surface area contributed by atoms with Gasteiger partial charge in [0.05, 0.1) is 13.2 Å². The molecule has 2 aliphatic rings. The molecule has 0 bridgehead atoms. The molecule has 7 nitrogen and oxygen atoms in total. The van der Waals surface area contributed by atoms with Crippen molar-refractivity contribution < 1.29 is 9.53 Å². The van der Waals surface area contributed by atoms with Crippen molar-refractivity contribution in [2.45, 2.75) is 25.3 Å². The summed E-state index contributed by atoms with van der Waals surface area (Å²) >= 11 is 0. The number of carbonyl (C=O) groups is 1. The molecule has 0 aromatic heterocycles. The Morgan fingerprint density at radius 2 is 2.18 bits per heavy atom. The molecule has 2 rings (SSSR count). The second-order valence-corrected chi connectivity index (χ2v) is 5.49. The number of nitrogens with one attached hydrogen (secondary N) is 3. The van der Waals surface area contributed by atoms with Crippen molar-refractivity contribution in [2.75, 3.05) is 53.0 Å². The van der Waals surface area contributed by atoms with Gasteiger partial charge in [-0.25, -0.2) is 0 Å². The molecule has 0 saturated carbocycles. The van der Waals surface area contributed by atoms with E-state index in [0.717, 1.165) is 64.7 Å². The van der Waals surface area contributed by atoms with Gasteiger partial charge >= 0.3 is 0 Å². The fourth-order valence-electron chi connectivity index (χ4n) is 2.63. The quantitative estimate of drug-likeness (QED) is 0.322. The third kappa shape index (κ3) is 7.10. The third-order valence-electron chi connectivity index (χ3n) is 3.89. The van der Waals surface area contributed by atoms with Gasteiger partial charge in [0, 0.05) is 52.2 Å². The molecule has 3 N–H and O–H groups in total. The van der Waals surface area contributed by atoms with Crippen LogP contribution in [0, 0.1) is 0 Å². The van der Waals surface area contributed by atoms with Crippen molar-refractivity contribution in [2.24, 2.45) is 4.99 Å². The number of morpholine rings is 1. The molecule has 1 atom stereocenters. The van der Waals surface area contributed by atoms with E-state index in [0.29, 0.717) is 6.42 Å². The molecular formula is C14H28IN5O2. The van der Waals surface area contributed by atoms with Crippen LogP contribution in [0.3, 0.4) is 0 Å². The summed E-state index contributed by atoms with van der Waals surface area (Å²) in [5.74, 6) is 0.950. The van der Waals surface area contributed by atoms with E-state index in [1.54, 1.807) is 7.05 Å². The molecule has 2 fully saturated rings. The van der Waals surface area contributed by atoms with Crippen molar-refractivity contribution in [3.63, 3.8) is 0 Å². The number of hydrogen-bond acceptors (Lipinski definition) is 4. The number of aliphatic imine (C=N–C) groups is 1. The van der Waals surface area contributed by atoms with E-state index in [1.165, 1.54) is 0 Å². The molecule has 128 valence electrons. The number of hydrogen-bond donors (Lipinski definition) is 3. The summed E-state index contributed by atoms with van der Waals surface area (Å²) in [6.45, 7) is 6.23. The van der Waals surface area contributed by atoms with Gasteiger partial charge in [0.15, 0.2) is 5.96 Å². The van der Waals surface area contributed by atoms with E-state index < -0.39 is 0 Å². The van der Waals surface area contributed by atoms with Crippen molar-refractivity contribution >= 4 is 35.8 Å². The van der Waals surface area contributed by atoms with Crippen molar-refractivity contribution in [3.05, 3.63) is 0 Å². The lowest BCUT2D eigenvalue weighted by atomic mass is 10.0. The maximum Gasteiger partial charge on any atom is 0.220 e. The highest BCUT2D eigenvalue weighted by Crippen LogP contribution is 2.06. The molecule has 0 spiro atoms. The van der Waals surface area contributed by atoms with E-state index in [9.17, 15) is 4.79 Å². The Hall–Kier alpha value is -0.610. The molecule has 1 amide bonds. The topological polar surface area (TPSA) is 78.0 Å². The van der Waals surface area contributed by atoms with Gasteiger partial charge in [-0.2, -0.15) is 0 Å². The van der Waals surface area contributed by atoms with Gasteiger partial charge in [-0.15, -0.1) is 24.0 Å². The Bertz CT molecular complexity index is 361. The van der Waals surface area contributed by atoms with Crippen LogP contribution >= 0.6 is 24.0 Å². The first-order chi connectivity index (χ1) is 10.3. The smallest absolute Gasteiger partial charge is 0.220 e. The van der Waals surface area contributed by atoms with Gasteiger partial charge in [-0.3, -0.25) is 14.7 Å². The molecule has 0 aromatic rings. The fraction of sp³-hybridized carbons (Fsp3) is 0.857. The second kappa shape index (κ2) is 11.0. The lowest BCUT2D eigenvalue weighted by Crippen LogP contribution is -2.50. The van der Waals surface area contributed by atoms with E-state index in [4.69, 9.17) is 4.74 Å². The van der Waals surface area contributed by atoms with Crippen LogP contribution in [0.2, 0.25) is 0 Å². The summed E-state index contributed by atoms with van der Waals surface area (Å²) in [5, 5.41) is 9.59. The highest BCUT2D eigenvalue weighted by atomic mass is 127. The Morgan fingerprint density at radius 3 is 2.86 bits per heavy atom.